The first-order valence-electron chi connectivity index (χ1n) is 5.73. The molecule has 17 heavy (non-hydrogen) atoms. The normalized spacial score (nSPS) is 17.9. The first-order chi connectivity index (χ1) is 8.29. The number of rotatable bonds is 2. The van der Waals surface area contributed by atoms with Crippen LogP contribution in [0, 0.1) is 0 Å². The van der Waals surface area contributed by atoms with E-state index in [1.54, 1.807) is 0 Å². The lowest BCUT2D eigenvalue weighted by Gasteiger charge is -2.04. The lowest BCUT2D eigenvalue weighted by molar-refractivity contribution is -0.116. The zero-order valence-electron chi connectivity index (χ0n) is 9.53. The molecule has 0 fully saturated rings. The molecule has 0 aliphatic carbocycles. The van der Waals surface area contributed by atoms with Crippen LogP contribution in [-0.4, -0.2) is 15.9 Å². The van der Waals surface area contributed by atoms with E-state index in [0.29, 0.717) is 0 Å². The number of carbonyl (C=O) groups excluding carboxylic acids is 1. The molecule has 0 spiro atoms. The Labute approximate surface area is 99.1 Å². The number of imidazole rings is 1. The largest absolute Gasteiger partial charge is 0.348 e. The molecule has 2 N–H and O–H groups in total. The molecule has 0 saturated carbocycles. The standard InChI is InChI=1S/C13H13N3O/c1-2-11-14-7-10(15-11)12-8-5-3-4-6-9(8)16-13(12)17/h3-7,12H,2H2,1H3,(H,14,15)(H,16,17). The molecule has 4 nitrogen and oxygen atoms in total. The summed E-state index contributed by atoms with van der Waals surface area (Å²) in [5.74, 6) is 0.639. The third-order valence-corrected chi connectivity index (χ3v) is 3.07. The molecule has 1 unspecified atom stereocenters. The topological polar surface area (TPSA) is 57.8 Å². The van der Waals surface area contributed by atoms with E-state index in [0.717, 1.165) is 29.2 Å². The minimum Gasteiger partial charge on any atom is -0.348 e. The highest BCUT2D eigenvalue weighted by atomic mass is 16.2. The monoisotopic (exact) mass is 227 g/mol. The van der Waals surface area contributed by atoms with Crippen molar-refractivity contribution in [1.29, 1.82) is 0 Å². The molecular formula is C13H13N3O. The third kappa shape index (κ3) is 1.53. The predicted molar refractivity (Wildman–Crippen MR) is 64.9 cm³/mol. The molecule has 4 heteroatoms. The van der Waals surface area contributed by atoms with Crippen molar-refractivity contribution in [3.63, 3.8) is 0 Å². The third-order valence-electron chi connectivity index (χ3n) is 3.07. The molecule has 1 aliphatic heterocycles. The summed E-state index contributed by atoms with van der Waals surface area (Å²) in [5, 5.41) is 2.88. The zero-order valence-corrected chi connectivity index (χ0v) is 9.53. The lowest BCUT2D eigenvalue weighted by Crippen LogP contribution is -2.13. The second-order valence-electron chi connectivity index (χ2n) is 4.14. The summed E-state index contributed by atoms with van der Waals surface area (Å²) >= 11 is 0. The van der Waals surface area contributed by atoms with Gasteiger partial charge in [-0.2, -0.15) is 0 Å². The Morgan fingerprint density at radius 2 is 2.18 bits per heavy atom. The summed E-state index contributed by atoms with van der Waals surface area (Å²) in [7, 11) is 0. The van der Waals surface area contributed by atoms with Gasteiger partial charge in [0.05, 0.1) is 5.69 Å². The zero-order chi connectivity index (χ0) is 11.8. The highest BCUT2D eigenvalue weighted by molar-refractivity contribution is 6.04. The van der Waals surface area contributed by atoms with Gasteiger partial charge in [0.2, 0.25) is 5.91 Å². The van der Waals surface area contributed by atoms with Crippen LogP contribution >= 0.6 is 0 Å². The quantitative estimate of drug-likeness (QED) is 0.825. The molecule has 1 amide bonds. The summed E-state index contributed by atoms with van der Waals surface area (Å²) in [5.41, 5.74) is 2.69. The number of para-hydroxylation sites is 1. The van der Waals surface area contributed by atoms with E-state index < -0.39 is 0 Å². The Hall–Kier alpha value is -2.10. The highest BCUT2D eigenvalue weighted by Crippen LogP contribution is 2.35. The summed E-state index contributed by atoms with van der Waals surface area (Å²) in [4.78, 5) is 19.5. The molecule has 2 heterocycles. The van der Waals surface area contributed by atoms with Crippen molar-refractivity contribution in [3.8, 4) is 0 Å². The first-order valence-corrected chi connectivity index (χ1v) is 5.73. The average Bonchev–Trinajstić information content (AvgIpc) is 2.91. The number of hydrogen-bond donors (Lipinski definition) is 2. The Morgan fingerprint density at radius 3 is 2.94 bits per heavy atom. The van der Waals surface area contributed by atoms with Crippen LogP contribution < -0.4 is 5.32 Å². The maximum atomic E-state index is 12.0. The number of fused-ring (bicyclic) bond motifs is 1. The van der Waals surface area contributed by atoms with Gasteiger partial charge >= 0.3 is 0 Å². The number of carbonyl (C=O) groups is 1. The van der Waals surface area contributed by atoms with E-state index in [9.17, 15) is 4.79 Å². The van der Waals surface area contributed by atoms with Crippen LogP contribution in [0.15, 0.2) is 30.5 Å². The molecule has 1 atom stereocenters. The van der Waals surface area contributed by atoms with Gasteiger partial charge in [0, 0.05) is 18.3 Å². The first kappa shape index (κ1) is 10.1. The SMILES string of the molecule is CCc1nc(C2C(=O)Nc3ccccc32)c[nH]1. The lowest BCUT2D eigenvalue weighted by atomic mass is 9.98. The highest BCUT2D eigenvalue weighted by Gasteiger charge is 2.33. The number of nitrogens with zero attached hydrogens (tertiary/aromatic N) is 1. The molecule has 86 valence electrons. The molecule has 0 saturated heterocycles. The van der Waals surface area contributed by atoms with Crippen molar-refractivity contribution in [3.05, 3.63) is 47.5 Å². The minimum absolute atomic E-state index is 0.000327. The summed E-state index contributed by atoms with van der Waals surface area (Å²) < 4.78 is 0. The van der Waals surface area contributed by atoms with Gasteiger partial charge in [0.15, 0.2) is 0 Å². The van der Waals surface area contributed by atoms with Crippen molar-refractivity contribution in [2.45, 2.75) is 19.3 Å². The average molecular weight is 227 g/mol. The van der Waals surface area contributed by atoms with Gasteiger partial charge in [-0.05, 0) is 11.6 Å². The van der Waals surface area contributed by atoms with Crippen molar-refractivity contribution in [1.82, 2.24) is 9.97 Å². The number of H-pyrrole nitrogens is 1. The Morgan fingerprint density at radius 1 is 1.35 bits per heavy atom. The molecule has 2 aromatic rings. The number of aromatic amines is 1. The van der Waals surface area contributed by atoms with Gasteiger partial charge in [-0.15, -0.1) is 0 Å². The van der Waals surface area contributed by atoms with Gasteiger partial charge in [0.25, 0.3) is 0 Å². The molecule has 3 rings (SSSR count). The van der Waals surface area contributed by atoms with Gasteiger partial charge in [-0.25, -0.2) is 4.98 Å². The van der Waals surface area contributed by atoms with Crippen LogP contribution in [0.2, 0.25) is 0 Å². The van der Waals surface area contributed by atoms with Crippen LogP contribution in [0.4, 0.5) is 5.69 Å². The van der Waals surface area contributed by atoms with Crippen LogP contribution in [0.3, 0.4) is 0 Å². The second kappa shape index (κ2) is 3.73. The number of anilines is 1. The van der Waals surface area contributed by atoms with E-state index in [-0.39, 0.29) is 11.8 Å². The molecule has 1 aromatic carbocycles. The number of aryl methyl sites for hydroxylation is 1. The maximum absolute atomic E-state index is 12.0. The Balaban J connectivity index is 2.06. The Bertz CT molecular complexity index is 574. The fourth-order valence-electron chi connectivity index (χ4n) is 2.21. The number of nitrogens with one attached hydrogen (secondary N) is 2. The van der Waals surface area contributed by atoms with Gasteiger partial charge in [0.1, 0.15) is 11.7 Å². The summed E-state index contributed by atoms with van der Waals surface area (Å²) in [6.07, 6.45) is 2.67. The van der Waals surface area contributed by atoms with E-state index in [1.165, 1.54) is 0 Å². The number of hydrogen-bond acceptors (Lipinski definition) is 2. The molecule has 0 radical (unpaired) electrons. The summed E-state index contributed by atoms with van der Waals surface area (Å²) in [6.45, 7) is 2.03. The van der Waals surface area contributed by atoms with E-state index in [4.69, 9.17) is 0 Å². The summed E-state index contributed by atoms with van der Waals surface area (Å²) in [6, 6.07) is 7.75. The van der Waals surface area contributed by atoms with Gasteiger partial charge in [-0.3, -0.25) is 4.79 Å². The second-order valence-corrected chi connectivity index (χ2v) is 4.14. The number of benzene rings is 1. The van der Waals surface area contributed by atoms with Crippen molar-refractivity contribution >= 4 is 11.6 Å². The smallest absolute Gasteiger partial charge is 0.238 e. The van der Waals surface area contributed by atoms with Crippen molar-refractivity contribution in [2.75, 3.05) is 5.32 Å². The van der Waals surface area contributed by atoms with Crippen LogP contribution in [0.5, 0.6) is 0 Å². The fourth-order valence-corrected chi connectivity index (χ4v) is 2.21. The molecule has 0 bridgehead atoms. The molecule has 1 aliphatic rings. The van der Waals surface area contributed by atoms with E-state index >= 15 is 0 Å². The van der Waals surface area contributed by atoms with Gasteiger partial charge < -0.3 is 10.3 Å². The Kier molecular flexibility index (Phi) is 2.21. The predicted octanol–water partition coefficient (Wildman–Crippen LogP) is 2.06. The van der Waals surface area contributed by atoms with Crippen molar-refractivity contribution in [2.24, 2.45) is 0 Å². The maximum Gasteiger partial charge on any atom is 0.238 e. The van der Waals surface area contributed by atoms with Crippen LogP contribution in [-0.2, 0) is 11.2 Å². The minimum atomic E-state index is -0.275. The fraction of sp³-hybridized carbons (Fsp3) is 0.231. The van der Waals surface area contributed by atoms with E-state index in [1.807, 2.05) is 37.4 Å². The number of amides is 1. The van der Waals surface area contributed by atoms with Gasteiger partial charge in [-0.1, -0.05) is 25.1 Å². The molecule has 1 aromatic heterocycles. The molecular weight excluding hydrogens is 214 g/mol. The van der Waals surface area contributed by atoms with E-state index in [2.05, 4.69) is 15.3 Å². The van der Waals surface area contributed by atoms with Crippen molar-refractivity contribution < 1.29 is 4.79 Å². The number of aromatic nitrogens is 2. The van der Waals surface area contributed by atoms with Crippen LogP contribution in [0.1, 0.15) is 29.9 Å². The van der Waals surface area contributed by atoms with Crippen LogP contribution in [0.25, 0.3) is 0 Å².